The fourth-order valence-corrected chi connectivity index (χ4v) is 1.67. The first-order chi connectivity index (χ1) is 7.66. The normalized spacial score (nSPS) is 16.1. The van der Waals surface area contributed by atoms with Gasteiger partial charge in [-0.25, -0.2) is 0 Å². The predicted molar refractivity (Wildman–Crippen MR) is 66.9 cm³/mol. The second kappa shape index (κ2) is 5.69. The first kappa shape index (κ1) is 12.8. The molecule has 1 aromatic carbocycles. The standard InChI is InChI=1S/C14H19NO/c1-4-13(5-2)15-14(3,11-16)12-9-7-6-8-10-12/h1,6-10,13,15-16H,5,11H2,2-3H3. The zero-order valence-electron chi connectivity index (χ0n) is 9.90. The highest BCUT2D eigenvalue weighted by atomic mass is 16.3. The molecule has 2 heteroatoms. The topological polar surface area (TPSA) is 32.3 Å². The maximum atomic E-state index is 9.55. The molecule has 0 spiro atoms. The lowest BCUT2D eigenvalue weighted by molar-refractivity contribution is 0.168. The molecule has 0 aliphatic heterocycles. The number of terminal acetylenes is 1. The van der Waals surface area contributed by atoms with Gasteiger partial charge in [-0.1, -0.05) is 43.2 Å². The molecule has 1 aromatic rings. The van der Waals surface area contributed by atoms with Gasteiger partial charge in [-0.2, -0.15) is 0 Å². The van der Waals surface area contributed by atoms with Crippen LogP contribution in [0.15, 0.2) is 30.3 Å². The summed E-state index contributed by atoms with van der Waals surface area (Å²) in [5.41, 5.74) is 0.570. The summed E-state index contributed by atoms with van der Waals surface area (Å²) in [6, 6.07) is 9.85. The Kier molecular flexibility index (Phi) is 4.54. The van der Waals surface area contributed by atoms with Crippen molar-refractivity contribution in [2.45, 2.75) is 31.8 Å². The number of hydrogen-bond acceptors (Lipinski definition) is 2. The molecule has 86 valence electrons. The van der Waals surface area contributed by atoms with Gasteiger partial charge in [0.05, 0.1) is 18.2 Å². The van der Waals surface area contributed by atoms with Crippen molar-refractivity contribution >= 4 is 0 Å². The second-order valence-corrected chi connectivity index (χ2v) is 4.13. The summed E-state index contributed by atoms with van der Waals surface area (Å²) in [6.07, 6.45) is 6.28. The van der Waals surface area contributed by atoms with Crippen LogP contribution in [0.4, 0.5) is 0 Å². The Labute approximate surface area is 97.7 Å². The van der Waals surface area contributed by atoms with Crippen LogP contribution >= 0.6 is 0 Å². The van der Waals surface area contributed by atoms with Crippen LogP contribution in [0.3, 0.4) is 0 Å². The Morgan fingerprint density at radius 3 is 2.50 bits per heavy atom. The summed E-state index contributed by atoms with van der Waals surface area (Å²) in [5.74, 6) is 2.69. The van der Waals surface area contributed by atoms with E-state index in [4.69, 9.17) is 6.42 Å². The Morgan fingerprint density at radius 1 is 1.44 bits per heavy atom. The molecule has 1 rings (SSSR count). The fraction of sp³-hybridized carbons (Fsp3) is 0.429. The highest BCUT2D eigenvalue weighted by Crippen LogP contribution is 2.20. The van der Waals surface area contributed by atoms with E-state index in [1.807, 2.05) is 44.2 Å². The first-order valence-corrected chi connectivity index (χ1v) is 5.56. The van der Waals surface area contributed by atoms with Crippen LogP contribution < -0.4 is 5.32 Å². The van der Waals surface area contributed by atoms with Crippen LogP contribution in [0.25, 0.3) is 0 Å². The fourth-order valence-electron chi connectivity index (χ4n) is 1.67. The van der Waals surface area contributed by atoms with Gasteiger partial charge in [0, 0.05) is 0 Å². The van der Waals surface area contributed by atoms with Gasteiger partial charge in [0.2, 0.25) is 0 Å². The minimum atomic E-state index is -0.478. The number of nitrogens with one attached hydrogen (secondary N) is 1. The van der Waals surface area contributed by atoms with Crippen molar-refractivity contribution in [1.29, 1.82) is 0 Å². The summed E-state index contributed by atoms with van der Waals surface area (Å²) in [7, 11) is 0. The van der Waals surface area contributed by atoms with Gasteiger partial charge < -0.3 is 5.11 Å². The summed E-state index contributed by atoms with van der Waals surface area (Å²) >= 11 is 0. The van der Waals surface area contributed by atoms with Gasteiger partial charge in [-0.3, -0.25) is 5.32 Å². The van der Waals surface area contributed by atoms with Gasteiger partial charge in [0.15, 0.2) is 0 Å². The molecular formula is C14H19NO. The molecule has 2 nitrogen and oxygen atoms in total. The molecule has 0 aliphatic rings. The van der Waals surface area contributed by atoms with Gasteiger partial charge in [-0.15, -0.1) is 6.42 Å². The van der Waals surface area contributed by atoms with E-state index in [9.17, 15) is 5.11 Å². The second-order valence-electron chi connectivity index (χ2n) is 4.13. The minimum absolute atomic E-state index is 0.0163. The van der Waals surface area contributed by atoms with Crippen LogP contribution in [-0.2, 0) is 5.54 Å². The predicted octanol–water partition coefficient (Wildman–Crippen LogP) is 1.90. The molecule has 2 atom stereocenters. The van der Waals surface area contributed by atoms with E-state index in [1.165, 1.54) is 0 Å². The Balaban J connectivity index is 2.91. The van der Waals surface area contributed by atoms with Gasteiger partial charge in [-0.05, 0) is 18.9 Å². The van der Waals surface area contributed by atoms with Crippen molar-refractivity contribution in [2.24, 2.45) is 0 Å². The molecule has 0 amide bonds. The number of aliphatic hydroxyl groups is 1. The molecule has 0 aromatic heterocycles. The third-order valence-corrected chi connectivity index (χ3v) is 2.83. The zero-order valence-corrected chi connectivity index (χ0v) is 9.90. The van der Waals surface area contributed by atoms with Crippen LogP contribution in [0.2, 0.25) is 0 Å². The van der Waals surface area contributed by atoms with Crippen molar-refractivity contribution in [3.63, 3.8) is 0 Å². The summed E-state index contributed by atoms with van der Waals surface area (Å²) in [5, 5.41) is 12.9. The van der Waals surface area contributed by atoms with E-state index in [-0.39, 0.29) is 12.6 Å². The van der Waals surface area contributed by atoms with Crippen LogP contribution in [-0.4, -0.2) is 17.8 Å². The molecular weight excluding hydrogens is 198 g/mol. The maximum Gasteiger partial charge on any atom is 0.0691 e. The van der Waals surface area contributed by atoms with Gasteiger partial charge >= 0.3 is 0 Å². The molecule has 2 unspecified atom stereocenters. The van der Waals surface area contributed by atoms with Crippen molar-refractivity contribution in [3.8, 4) is 12.3 Å². The number of rotatable bonds is 5. The van der Waals surface area contributed by atoms with E-state index < -0.39 is 5.54 Å². The average molecular weight is 217 g/mol. The number of benzene rings is 1. The van der Waals surface area contributed by atoms with Gasteiger partial charge in [0.1, 0.15) is 0 Å². The monoisotopic (exact) mass is 217 g/mol. The molecule has 0 bridgehead atoms. The summed E-state index contributed by atoms with van der Waals surface area (Å²) < 4.78 is 0. The van der Waals surface area contributed by atoms with E-state index in [2.05, 4.69) is 11.2 Å². The van der Waals surface area contributed by atoms with E-state index in [1.54, 1.807) is 0 Å². The van der Waals surface area contributed by atoms with Crippen molar-refractivity contribution in [1.82, 2.24) is 5.32 Å². The van der Waals surface area contributed by atoms with Crippen LogP contribution in [0.5, 0.6) is 0 Å². The lowest BCUT2D eigenvalue weighted by atomic mass is 9.91. The average Bonchev–Trinajstić information content (AvgIpc) is 2.36. The molecule has 0 saturated heterocycles. The Hall–Kier alpha value is -1.30. The molecule has 0 radical (unpaired) electrons. The van der Waals surface area contributed by atoms with Crippen LogP contribution in [0, 0.1) is 12.3 Å². The van der Waals surface area contributed by atoms with E-state index in [0.717, 1.165) is 12.0 Å². The third-order valence-electron chi connectivity index (χ3n) is 2.83. The molecule has 16 heavy (non-hydrogen) atoms. The Morgan fingerprint density at radius 2 is 2.06 bits per heavy atom. The molecule has 2 N–H and O–H groups in total. The highest BCUT2D eigenvalue weighted by molar-refractivity contribution is 5.24. The molecule has 0 heterocycles. The highest BCUT2D eigenvalue weighted by Gasteiger charge is 2.27. The maximum absolute atomic E-state index is 9.55. The smallest absolute Gasteiger partial charge is 0.0691 e. The first-order valence-electron chi connectivity index (χ1n) is 5.56. The van der Waals surface area contributed by atoms with E-state index in [0.29, 0.717) is 0 Å². The minimum Gasteiger partial charge on any atom is -0.394 e. The molecule has 0 aliphatic carbocycles. The summed E-state index contributed by atoms with van der Waals surface area (Å²) in [4.78, 5) is 0. The van der Waals surface area contributed by atoms with Crippen molar-refractivity contribution in [2.75, 3.05) is 6.61 Å². The lowest BCUT2D eigenvalue weighted by Gasteiger charge is -2.32. The summed E-state index contributed by atoms with van der Waals surface area (Å²) in [6.45, 7) is 4.01. The zero-order chi connectivity index (χ0) is 12.0. The molecule has 0 saturated carbocycles. The van der Waals surface area contributed by atoms with Gasteiger partial charge in [0.25, 0.3) is 0 Å². The largest absolute Gasteiger partial charge is 0.394 e. The SMILES string of the molecule is C#CC(CC)NC(C)(CO)c1ccccc1. The third kappa shape index (κ3) is 2.85. The van der Waals surface area contributed by atoms with Crippen molar-refractivity contribution < 1.29 is 5.11 Å². The molecule has 0 fully saturated rings. The van der Waals surface area contributed by atoms with Crippen LogP contribution in [0.1, 0.15) is 25.8 Å². The quantitative estimate of drug-likeness (QED) is 0.738. The van der Waals surface area contributed by atoms with E-state index >= 15 is 0 Å². The number of hydrogen-bond donors (Lipinski definition) is 2. The van der Waals surface area contributed by atoms with Crippen molar-refractivity contribution in [3.05, 3.63) is 35.9 Å². The Bertz CT molecular complexity index is 355. The number of aliphatic hydroxyl groups excluding tert-OH is 1. The lowest BCUT2D eigenvalue weighted by Crippen LogP contribution is -2.47.